The fourth-order valence-corrected chi connectivity index (χ4v) is 2.88. The summed E-state index contributed by atoms with van der Waals surface area (Å²) in [6.45, 7) is 0.802. The quantitative estimate of drug-likeness (QED) is 0.813. The standard InChI is InChI=1S/C15H19ClN2O/c16-13-6-5-11(7-14(13)17)15(19)18-8-12(9-1-2-9)10-3-4-10/h5-7,9-10,12H,1-4,8,17H2,(H,18,19). The van der Waals surface area contributed by atoms with Crippen LogP contribution in [-0.4, -0.2) is 12.5 Å². The molecule has 4 heteroatoms. The second-order valence-corrected chi connectivity index (χ2v) is 6.19. The minimum absolute atomic E-state index is 0.0466. The van der Waals surface area contributed by atoms with E-state index in [-0.39, 0.29) is 5.91 Å². The molecule has 0 atom stereocenters. The number of anilines is 1. The van der Waals surface area contributed by atoms with E-state index in [2.05, 4.69) is 5.32 Å². The summed E-state index contributed by atoms with van der Waals surface area (Å²) >= 11 is 5.86. The molecule has 1 amide bonds. The smallest absolute Gasteiger partial charge is 0.251 e. The molecule has 1 aromatic rings. The number of halogens is 1. The number of nitrogens with one attached hydrogen (secondary N) is 1. The maximum atomic E-state index is 12.1. The molecule has 19 heavy (non-hydrogen) atoms. The topological polar surface area (TPSA) is 55.1 Å². The summed E-state index contributed by atoms with van der Waals surface area (Å²) < 4.78 is 0. The van der Waals surface area contributed by atoms with Gasteiger partial charge in [0, 0.05) is 12.1 Å². The van der Waals surface area contributed by atoms with Crippen molar-refractivity contribution in [3.8, 4) is 0 Å². The summed E-state index contributed by atoms with van der Waals surface area (Å²) in [6.07, 6.45) is 5.35. The van der Waals surface area contributed by atoms with E-state index in [0.717, 1.165) is 18.4 Å². The van der Waals surface area contributed by atoms with Gasteiger partial charge in [-0.2, -0.15) is 0 Å². The van der Waals surface area contributed by atoms with E-state index in [1.54, 1.807) is 18.2 Å². The highest BCUT2D eigenvalue weighted by molar-refractivity contribution is 6.33. The van der Waals surface area contributed by atoms with Gasteiger partial charge in [0.25, 0.3) is 5.91 Å². The first kappa shape index (κ1) is 12.8. The van der Waals surface area contributed by atoms with Crippen molar-refractivity contribution in [1.29, 1.82) is 0 Å². The number of carbonyl (C=O) groups excluding carboxylic acids is 1. The molecular formula is C15H19ClN2O. The maximum Gasteiger partial charge on any atom is 0.251 e. The van der Waals surface area contributed by atoms with Crippen LogP contribution in [0.4, 0.5) is 5.69 Å². The van der Waals surface area contributed by atoms with E-state index < -0.39 is 0 Å². The predicted octanol–water partition coefficient (Wildman–Crippen LogP) is 3.09. The highest BCUT2D eigenvalue weighted by atomic mass is 35.5. The number of carbonyl (C=O) groups is 1. The van der Waals surface area contributed by atoms with Crippen LogP contribution in [0.15, 0.2) is 18.2 Å². The van der Waals surface area contributed by atoms with Gasteiger partial charge in [-0.05, 0) is 61.6 Å². The average molecular weight is 279 g/mol. The van der Waals surface area contributed by atoms with Crippen molar-refractivity contribution < 1.29 is 4.79 Å². The minimum Gasteiger partial charge on any atom is -0.398 e. The highest BCUT2D eigenvalue weighted by Gasteiger charge is 2.41. The van der Waals surface area contributed by atoms with Crippen LogP contribution in [0, 0.1) is 17.8 Å². The van der Waals surface area contributed by atoms with Crippen molar-refractivity contribution >= 4 is 23.2 Å². The third-order valence-electron chi connectivity index (χ3n) is 4.21. The number of hydrogen-bond donors (Lipinski definition) is 2. The molecule has 0 heterocycles. The summed E-state index contributed by atoms with van der Waals surface area (Å²) in [7, 11) is 0. The summed E-state index contributed by atoms with van der Waals surface area (Å²) in [5, 5.41) is 3.54. The van der Waals surface area contributed by atoms with Crippen LogP contribution >= 0.6 is 11.6 Å². The van der Waals surface area contributed by atoms with Gasteiger partial charge in [-0.25, -0.2) is 0 Å². The maximum absolute atomic E-state index is 12.1. The number of hydrogen-bond acceptors (Lipinski definition) is 2. The zero-order valence-electron chi connectivity index (χ0n) is 10.9. The Balaban J connectivity index is 1.59. The molecule has 3 N–H and O–H groups in total. The summed E-state index contributed by atoms with van der Waals surface area (Å²) in [5.41, 5.74) is 6.76. The molecule has 2 aliphatic carbocycles. The molecule has 0 bridgehead atoms. The normalized spacial score (nSPS) is 18.6. The molecule has 2 aliphatic rings. The van der Waals surface area contributed by atoms with Crippen molar-refractivity contribution in [2.45, 2.75) is 25.7 Å². The van der Waals surface area contributed by atoms with Gasteiger partial charge < -0.3 is 11.1 Å². The van der Waals surface area contributed by atoms with Crippen LogP contribution in [0.25, 0.3) is 0 Å². The third kappa shape index (κ3) is 3.03. The van der Waals surface area contributed by atoms with Gasteiger partial charge in [0.15, 0.2) is 0 Å². The molecule has 1 aromatic carbocycles. The lowest BCUT2D eigenvalue weighted by molar-refractivity contribution is 0.0943. The fourth-order valence-electron chi connectivity index (χ4n) is 2.76. The van der Waals surface area contributed by atoms with Gasteiger partial charge in [-0.1, -0.05) is 11.6 Å². The van der Waals surface area contributed by atoms with Gasteiger partial charge in [0.05, 0.1) is 10.7 Å². The second-order valence-electron chi connectivity index (χ2n) is 5.79. The zero-order valence-corrected chi connectivity index (χ0v) is 11.6. The van der Waals surface area contributed by atoms with E-state index in [1.165, 1.54) is 25.7 Å². The van der Waals surface area contributed by atoms with Crippen molar-refractivity contribution in [2.24, 2.45) is 17.8 Å². The van der Waals surface area contributed by atoms with Crippen molar-refractivity contribution in [3.63, 3.8) is 0 Å². The monoisotopic (exact) mass is 278 g/mol. The van der Waals surface area contributed by atoms with Crippen LogP contribution in [0.5, 0.6) is 0 Å². The van der Waals surface area contributed by atoms with Crippen LogP contribution < -0.4 is 11.1 Å². The molecule has 0 aromatic heterocycles. The number of benzene rings is 1. The van der Waals surface area contributed by atoms with E-state index in [4.69, 9.17) is 17.3 Å². The summed E-state index contributed by atoms with van der Waals surface area (Å²) in [4.78, 5) is 12.1. The summed E-state index contributed by atoms with van der Waals surface area (Å²) in [6, 6.07) is 5.03. The Morgan fingerprint density at radius 2 is 1.95 bits per heavy atom. The van der Waals surface area contributed by atoms with Gasteiger partial charge in [-0.15, -0.1) is 0 Å². The lowest BCUT2D eigenvalue weighted by atomic mass is 9.98. The van der Waals surface area contributed by atoms with E-state index in [9.17, 15) is 4.79 Å². The lowest BCUT2D eigenvalue weighted by Crippen LogP contribution is -2.31. The average Bonchev–Trinajstić information content (AvgIpc) is 3.26. The van der Waals surface area contributed by atoms with Gasteiger partial charge in [-0.3, -0.25) is 4.79 Å². The molecular weight excluding hydrogens is 260 g/mol. The molecule has 2 fully saturated rings. The van der Waals surface area contributed by atoms with Gasteiger partial charge in [0.1, 0.15) is 0 Å². The predicted molar refractivity (Wildman–Crippen MR) is 77.1 cm³/mol. The largest absolute Gasteiger partial charge is 0.398 e. The van der Waals surface area contributed by atoms with Gasteiger partial charge >= 0.3 is 0 Å². The Bertz CT molecular complexity index is 483. The molecule has 2 saturated carbocycles. The van der Waals surface area contributed by atoms with E-state index >= 15 is 0 Å². The minimum atomic E-state index is -0.0466. The molecule has 0 aliphatic heterocycles. The Hall–Kier alpha value is -1.22. The third-order valence-corrected chi connectivity index (χ3v) is 4.56. The molecule has 102 valence electrons. The fraction of sp³-hybridized carbons (Fsp3) is 0.533. The molecule has 0 saturated heterocycles. The molecule has 0 radical (unpaired) electrons. The van der Waals surface area contributed by atoms with Crippen LogP contribution in [0.1, 0.15) is 36.0 Å². The highest BCUT2D eigenvalue weighted by Crippen LogP contribution is 2.48. The zero-order chi connectivity index (χ0) is 13.4. The molecule has 3 nitrogen and oxygen atoms in total. The summed E-state index contributed by atoms with van der Waals surface area (Å²) in [5.74, 6) is 2.34. The number of rotatable bonds is 5. The lowest BCUT2D eigenvalue weighted by Gasteiger charge is -2.16. The molecule has 0 unspecified atom stereocenters. The van der Waals surface area contributed by atoms with Crippen LogP contribution in [0.2, 0.25) is 5.02 Å². The number of nitrogens with two attached hydrogens (primary N) is 1. The molecule has 0 spiro atoms. The Kier molecular flexibility index (Phi) is 3.40. The first-order valence-electron chi connectivity index (χ1n) is 6.98. The Labute approximate surface area is 118 Å². The van der Waals surface area contributed by atoms with E-state index in [1.807, 2.05) is 0 Å². The Morgan fingerprint density at radius 1 is 1.32 bits per heavy atom. The van der Waals surface area contributed by atoms with Crippen molar-refractivity contribution in [2.75, 3.05) is 12.3 Å². The number of nitrogen functional groups attached to an aromatic ring is 1. The first-order chi connectivity index (χ1) is 9.15. The van der Waals surface area contributed by atoms with Crippen molar-refractivity contribution in [1.82, 2.24) is 5.32 Å². The van der Waals surface area contributed by atoms with Crippen LogP contribution in [-0.2, 0) is 0 Å². The Morgan fingerprint density at radius 3 is 2.47 bits per heavy atom. The molecule has 3 rings (SSSR count). The van der Waals surface area contributed by atoms with Crippen LogP contribution in [0.3, 0.4) is 0 Å². The van der Waals surface area contributed by atoms with E-state index in [0.29, 0.717) is 22.2 Å². The second kappa shape index (κ2) is 5.04. The SMILES string of the molecule is Nc1cc(C(=O)NCC(C2CC2)C2CC2)ccc1Cl. The van der Waals surface area contributed by atoms with Crippen molar-refractivity contribution in [3.05, 3.63) is 28.8 Å². The number of amides is 1. The van der Waals surface area contributed by atoms with Gasteiger partial charge in [0.2, 0.25) is 0 Å². The first-order valence-corrected chi connectivity index (χ1v) is 7.36.